The first-order valence-electron chi connectivity index (χ1n) is 10.9. The van der Waals surface area contributed by atoms with E-state index in [0.717, 1.165) is 16.5 Å². The number of halogens is 1. The van der Waals surface area contributed by atoms with Gasteiger partial charge in [-0.1, -0.05) is 39.0 Å². The van der Waals surface area contributed by atoms with E-state index in [9.17, 15) is 9.59 Å². The normalized spacial score (nSPS) is 11.7. The highest BCUT2D eigenvalue weighted by atomic mass is 79.9. The molecule has 6 nitrogen and oxygen atoms in total. The Morgan fingerprint density at radius 2 is 1.88 bits per heavy atom. The molecule has 1 atom stereocenters. The lowest BCUT2D eigenvalue weighted by Gasteiger charge is -2.29. The minimum Gasteiger partial charge on any atom is -0.497 e. The van der Waals surface area contributed by atoms with Crippen LogP contribution in [0.15, 0.2) is 46.9 Å². The average molecular weight is 505 g/mol. The van der Waals surface area contributed by atoms with Gasteiger partial charge in [-0.05, 0) is 70.6 Å². The van der Waals surface area contributed by atoms with Crippen molar-refractivity contribution in [1.29, 1.82) is 0 Å². The molecule has 7 heteroatoms. The van der Waals surface area contributed by atoms with Crippen LogP contribution < -0.4 is 14.8 Å². The quantitative estimate of drug-likeness (QED) is 0.472. The van der Waals surface area contributed by atoms with Crippen LogP contribution >= 0.6 is 15.9 Å². The summed E-state index contributed by atoms with van der Waals surface area (Å²) in [5, 5.41) is 2.87. The van der Waals surface area contributed by atoms with Gasteiger partial charge in [-0.3, -0.25) is 9.59 Å². The maximum Gasteiger partial charge on any atom is 0.261 e. The van der Waals surface area contributed by atoms with Gasteiger partial charge in [0.2, 0.25) is 5.91 Å². The molecule has 2 rings (SSSR count). The Hall–Kier alpha value is -2.54. The van der Waals surface area contributed by atoms with E-state index in [2.05, 4.69) is 35.1 Å². The third kappa shape index (κ3) is 7.26. The van der Waals surface area contributed by atoms with Crippen molar-refractivity contribution >= 4 is 27.7 Å². The van der Waals surface area contributed by atoms with Gasteiger partial charge in [-0.15, -0.1) is 0 Å². The SMILES string of the molecule is CCCNC(=O)[C@H](C)N(Cc1cccc(OC)c1)C(=O)COc1ccc(C(C)C)cc1Br. The lowest BCUT2D eigenvalue weighted by molar-refractivity contribution is -0.142. The summed E-state index contributed by atoms with van der Waals surface area (Å²) in [5.41, 5.74) is 2.05. The van der Waals surface area contributed by atoms with Gasteiger partial charge in [0.05, 0.1) is 11.6 Å². The summed E-state index contributed by atoms with van der Waals surface area (Å²) in [5.74, 6) is 1.22. The predicted molar refractivity (Wildman–Crippen MR) is 130 cm³/mol. The molecule has 2 aromatic rings. The summed E-state index contributed by atoms with van der Waals surface area (Å²) in [6, 6.07) is 12.7. The molecule has 174 valence electrons. The number of amides is 2. The van der Waals surface area contributed by atoms with E-state index in [4.69, 9.17) is 9.47 Å². The standard InChI is InChI=1S/C25H33BrN2O4/c1-6-12-27-25(30)18(4)28(15-19-8-7-9-21(13-19)31-5)24(29)16-32-23-11-10-20(17(2)3)14-22(23)26/h7-11,13-14,17-18H,6,12,15-16H2,1-5H3,(H,27,30)/t18-/m0/s1. The fraction of sp³-hybridized carbons (Fsp3) is 0.440. The third-order valence-corrected chi connectivity index (χ3v) is 5.80. The van der Waals surface area contributed by atoms with Crippen molar-refractivity contribution < 1.29 is 19.1 Å². The molecule has 0 aromatic heterocycles. The topological polar surface area (TPSA) is 67.9 Å². The van der Waals surface area contributed by atoms with Gasteiger partial charge in [-0.25, -0.2) is 0 Å². The second kappa shape index (κ2) is 12.5. The van der Waals surface area contributed by atoms with E-state index in [-0.39, 0.29) is 25.0 Å². The van der Waals surface area contributed by atoms with E-state index in [1.165, 1.54) is 10.5 Å². The van der Waals surface area contributed by atoms with Crippen LogP contribution in [0, 0.1) is 0 Å². The fourth-order valence-electron chi connectivity index (χ4n) is 3.16. The number of nitrogens with zero attached hydrogens (tertiary/aromatic N) is 1. The maximum atomic E-state index is 13.2. The van der Waals surface area contributed by atoms with E-state index in [1.54, 1.807) is 14.0 Å². The fourth-order valence-corrected chi connectivity index (χ4v) is 3.67. The van der Waals surface area contributed by atoms with Crippen LogP contribution in [0.4, 0.5) is 0 Å². The van der Waals surface area contributed by atoms with Crippen molar-refractivity contribution in [3.05, 3.63) is 58.1 Å². The molecule has 2 amide bonds. The van der Waals surface area contributed by atoms with Crippen LogP contribution in [-0.4, -0.2) is 43.0 Å². The smallest absolute Gasteiger partial charge is 0.261 e. The monoisotopic (exact) mass is 504 g/mol. The second-order valence-corrected chi connectivity index (χ2v) is 8.83. The Bertz CT molecular complexity index is 917. The molecule has 0 spiro atoms. The van der Waals surface area contributed by atoms with Gasteiger partial charge in [-0.2, -0.15) is 0 Å². The highest BCUT2D eigenvalue weighted by Crippen LogP contribution is 2.29. The Balaban J connectivity index is 2.18. The summed E-state index contributed by atoms with van der Waals surface area (Å²) in [6.07, 6.45) is 0.825. The molecule has 0 aliphatic rings. The minimum atomic E-state index is -0.643. The van der Waals surface area contributed by atoms with Gasteiger partial charge >= 0.3 is 0 Å². The molecule has 0 saturated carbocycles. The lowest BCUT2D eigenvalue weighted by Crippen LogP contribution is -2.49. The minimum absolute atomic E-state index is 0.172. The van der Waals surface area contributed by atoms with E-state index in [1.807, 2.05) is 49.4 Å². The summed E-state index contributed by atoms with van der Waals surface area (Å²) in [4.78, 5) is 27.3. The van der Waals surface area contributed by atoms with Gasteiger partial charge in [0, 0.05) is 13.1 Å². The molecule has 2 aromatic carbocycles. The second-order valence-electron chi connectivity index (χ2n) is 7.97. The Kier molecular flexibility index (Phi) is 10.0. The molecule has 0 unspecified atom stereocenters. The predicted octanol–water partition coefficient (Wildman–Crippen LogP) is 4.90. The number of hydrogen-bond acceptors (Lipinski definition) is 4. The van der Waals surface area contributed by atoms with Crippen molar-refractivity contribution in [2.45, 2.75) is 52.6 Å². The zero-order valence-electron chi connectivity index (χ0n) is 19.5. The number of nitrogens with one attached hydrogen (secondary N) is 1. The highest BCUT2D eigenvalue weighted by molar-refractivity contribution is 9.10. The van der Waals surface area contributed by atoms with Crippen LogP contribution in [-0.2, 0) is 16.1 Å². The van der Waals surface area contributed by atoms with Gasteiger partial charge in [0.15, 0.2) is 6.61 Å². The molecule has 0 aliphatic carbocycles. The molecule has 0 bridgehead atoms. The number of rotatable bonds is 11. The lowest BCUT2D eigenvalue weighted by atomic mass is 10.0. The first kappa shape index (κ1) is 25.7. The number of benzene rings is 2. The number of ether oxygens (including phenoxy) is 2. The first-order valence-corrected chi connectivity index (χ1v) is 11.7. The third-order valence-electron chi connectivity index (χ3n) is 5.18. The first-order chi connectivity index (χ1) is 15.3. The van der Waals surface area contributed by atoms with Crippen molar-refractivity contribution in [2.75, 3.05) is 20.3 Å². The molecule has 0 fully saturated rings. The molecule has 0 saturated heterocycles. The molecule has 1 N–H and O–H groups in total. The number of carbonyl (C=O) groups excluding carboxylic acids is 2. The van der Waals surface area contributed by atoms with Crippen LogP contribution in [0.1, 0.15) is 51.2 Å². The van der Waals surface area contributed by atoms with Crippen molar-refractivity contribution in [2.24, 2.45) is 0 Å². The molecular formula is C25H33BrN2O4. The number of methoxy groups -OCH3 is 1. The molecular weight excluding hydrogens is 472 g/mol. The summed E-state index contributed by atoms with van der Waals surface area (Å²) in [7, 11) is 1.60. The van der Waals surface area contributed by atoms with Crippen LogP contribution in [0.3, 0.4) is 0 Å². The molecule has 0 heterocycles. The molecule has 0 aliphatic heterocycles. The Morgan fingerprint density at radius 3 is 2.50 bits per heavy atom. The zero-order valence-corrected chi connectivity index (χ0v) is 21.1. The van der Waals surface area contributed by atoms with Crippen molar-refractivity contribution in [3.63, 3.8) is 0 Å². The summed E-state index contributed by atoms with van der Waals surface area (Å²) in [6.45, 7) is 8.62. The van der Waals surface area contributed by atoms with Crippen LogP contribution in [0.2, 0.25) is 0 Å². The molecule has 32 heavy (non-hydrogen) atoms. The zero-order chi connectivity index (χ0) is 23.7. The maximum absolute atomic E-state index is 13.2. The van der Waals surface area contributed by atoms with Gasteiger partial charge in [0.25, 0.3) is 5.91 Å². The average Bonchev–Trinajstić information content (AvgIpc) is 2.79. The summed E-state index contributed by atoms with van der Waals surface area (Å²) >= 11 is 3.52. The van der Waals surface area contributed by atoms with E-state index >= 15 is 0 Å². The van der Waals surface area contributed by atoms with Crippen molar-refractivity contribution in [3.8, 4) is 11.5 Å². The van der Waals surface area contributed by atoms with Gasteiger partial charge < -0.3 is 19.7 Å². The van der Waals surface area contributed by atoms with Crippen LogP contribution in [0.25, 0.3) is 0 Å². The largest absolute Gasteiger partial charge is 0.497 e. The number of carbonyl (C=O) groups is 2. The highest BCUT2D eigenvalue weighted by Gasteiger charge is 2.26. The van der Waals surface area contributed by atoms with Crippen LogP contribution in [0.5, 0.6) is 11.5 Å². The van der Waals surface area contributed by atoms with E-state index < -0.39 is 6.04 Å². The van der Waals surface area contributed by atoms with E-state index in [0.29, 0.717) is 24.0 Å². The molecule has 0 radical (unpaired) electrons. The van der Waals surface area contributed by atoms with Crippen molar-refractivity contribution in [1.82, 2.24) is 10.2 Å². The Labute approximate surface area is 199 Å². The summed E-state index contributed by atoms with van der Waals surface area (Å²) < 4.78 is 11.9. The Morgan fingerprint density at radius 1 is 1.12 bits per heavy atom. The van der Waals surface area contributed by atoms with Gasteiger partial charge in [0.1, 0.15) is 17.5 Å². The number of hydrogen-bond donors (Lipinski definition) is 1.